The van der Waals surface area contributed by atoms with Gasteiger partial charge in [-0.3, -0.25) is 0 Å². The number of ether oxygens (including phenoxy) is 1. The van der Waals surface area contributed by atoms with Gasteiger partial charge in [0, 0.05) is 9.13 Å². The van der Waals surface area contributed by atoms with Gasteiger partial charge in [0.25, 0.3) is 0 Å². The van der Waals surface area contributed by atoms with E-state index in [9.17, 15) is 9.18 Å². The molecule has 0 radical (unpaired) electrons. The fourth-order valence-electron chi connectivity index (χ4n) is 1.88. The van der Waals surface area contributed by atoms with Crippen molar-refractivity contribution in [2.75, 3.05) is 0 Å². The molecule has 2 aromatic rings. The molecule has 0 spiro atoms. The maximum Gasteiger partial charge on any atom is 0.363 e. The maximum atomic E-state index is 12.9. The summed E-state index contributed by atoms with van der Waals surface area (Å²) >= 11 is 2.20. The third-order valence-electron chi connectivity index (χ3n) is 2.86. The Balaban J connectivity index is 1.93. The van der Waals surface area contributed by atoms with Crippen LogP contribution in [0.3, 0.4) is 0 Å². The van der Waals surface area contributed by atoms with Gasteiger partial charge in [-0.05, 0) is 70.6 Å². The Bertz CT molecular complexity index is 766. The number of nitrogens with zero attached hydrogens (tertiary/aromatic N) is 1. The highest BCUT2D eigenvalue weighted by molar-refractivity contribution is 14.1. The van der Waals surface area contributed by atoms with Crippen LogP contribution >= 0.6 is 22.6 Å². The van der Waals surface area contributed by atoms with Crippen molar-refractivity contribution < 1.29 is 13.9 Å². The van der Waals surface area contributed by atoms with Crippen LogP contribution in [0.25, 0.3) is 6.08 Å². The quantitative estimate of drug-likeness (QED) is 0.443. The SMILES string of the molecule is O=C1OC(c2ccc(F)cc2)=N/C1=C\c1cccc(I)c1. The number of hydrogen-bond donors (Lipinski definition) is 0. The lowest BCUT2D eigenvalue weighted by atomic mass is 10.2. The van der Waals surface area contributed by atoms with E-state index in [-0.39, 0.29) is 17.4 Å². The van der Waals surface area contributed by atoms with Gasteiger partial charge in [-0.15, -0.1) is 0 Å². The second-order valence-corrected chi connectivity index (χ2v) is 5.64. The van der Waals surface area contributed by atoms with Gasteiger partial charge in [-0.2, -0.15) is 0 Å². The Labute approximate surface area is 134 Å². The van der Waals surface area contributed by atoms with Gasteiger partial charge in [0.15, 0.2) is 5.70 Å². The minimum absolute atomic E-state index is 0.192. The van der Waals surface area contributed by atoms with Crippen LogP contribution in [-0.2, 0) is 9.53 Å². The standard InChI is InChI=1S/C16H9FINO2/c17-12-6-4-11(5-7-12)15-19-14(16(20)21-15)9-10-2-1-3-13(18)8-10/h1-9H/b14-9-. The molecule has 0 N–H and O–H groups in total. The average molecular weight is 393 g/mol. The lowest BCUT2D eigenvalue weighted by Gasteiger charge is -1.98. The number of halogens is 2. The average Bonchev–Trinajstić information content (AvgIpc) is 2.81. The molecule has 0 aromatic heterocycles. The van der Waals surface area contributed by atoms with Crippen molar-refractivity contribution in [3.8, 4) is 0 Å². The number of rotatable bonds is 2. The van der Waals surface area contributed by atoms with E-state index in [0.29, 0.717) is 5.56 Å². The van der Waals surface area contributed by atoms with Crippen molar-refractivity contribution in [1.29, 1.82) is 0 Å². The van der Waals surface area contributed by atoms with Gasteiger partial charge in [-0.1, -0.05) is 12.1 Å². The van der Waals surface area contributed by atoms with Gasteiger partial charge in [0.2, 0.25) is 5.90 Å². The molecule has 5 heteroatoms. The van der Waals surface area contributed by atoms with E-state index in [2.05, 4.69) is 27.6 Å². The predicted octanol–water partition coefficient (Wildman–Crippen LogP) is 3.77. The summed E-state index contributed by atoms with van der Waals surface area (Å²) in [4.78, 5) is 16.0. The highest BCUT2D eigenvalue weighted by Gasteiger charge is 2.24. The van der Waals surface area contributed by atoms with Crippen LogP contribution in [0.4, 0.5) is 4.39 Å². The van der Waals surface area contributed by atoms with E-state index in [1.807, 2.05) is 24.3 Å². The van der Waals surface area contributed by atoms with Crippen LogP contribution in [0, 0.1) is 9.39 Å². The number of carbonyl (C=O) groups is 1. The summed E-state index contributed by atoms with van der Waals surface area (Å²) in [5.74, 6) is -0.664. The molecule has 0 bridgehead atoms. The van der Waals surface area contributed by atoms with Crippen LogP contribution in [0.15, 0.2) is 59.2 Å². The van der Waals surface area contributed by atoms with E-state index in [1.54, 1.807) is 6.08 Å². The molecule has 1 aliphatic rings. The largest absolute Gasteiger partial charge is 0.402 e. The van der Waals surface area contributed by atoms with Gasteiger partial charge in [-0.25, -0.2) is 14.2 Å². The Morgan fingerprint density at radius 2 is 1.90 bits per heavy atom. The van der Waals surface area contributed by atoms with Crippen LogP contribution in [-0.4, -0.2) is 11.9 Å². The zero-order valence-corrected chi connectivity index (χ0v) is 12.9. The fourth-order valence-corrected chi connectivity index (χ4v) is 2.45. The van der Waals surface area contributed by atoms with E-state index in [4.69, 9.17) is 4.74 Å². The monoisotopic (exact) mass is 393 g/mol. The van der Waals surface area contributed by atoms with Gasteiger partial charge >= 0.3 is 5.97 Å². The summed E-state index contributed by atoms with van der Waals surface area (Å²) < 4.78 is 19.1. The molecule has 0 unspecified atom stereocenters. The molecular weight excluding hydrogens is 384 g/mol. The van der Waals surface area contributed by atoms with Crippen molar-refractivity contribution in [3.05, 3.63) is 74.7 Å². The zero-order chi connectivity index (χ0) is 14.8. The Morgan fingerprint density at radius 1 is 1.14 bits per heavy atom. The third kappa shape index (κ3) is 3.18. The maximum absolute atomic E-state index is 12.9. The second kappa shape index (κ2) is 5.77. The van der Waals surface area contributed by atoms with Crippen molar-refractivity contribution in [1.82, 2.24) is 0 Å². The summed E-state index contributed by atoms with van der Waals surface area (Å²) in [6, 6.07) is 13.3. The first-order valence-electron chi connectivity index (χ1n) is 6.16. The molecule has 1 aliphatic heterocycles. The minimum Gasteiger partial charge on any atom is -0.402 e. The fraction of sp³-hybridized carbons (Fsp3) is 0. The van der Waals surface area contributed by atoms with Crippen LogP contribution in [0.1, 0.15) is 11.1 Å². The highest BCUT2D eigenvalue weighted by atomic mass is 127. The smallest absolute Gasteiger partial charge is 0.363 e. The van der Waals surface area contributed by atoms with Gasteiger partial charge < -0.3 is 4.74 Å². The van der Waals surface area contributed by atoms with Gasteiger partial charge in [0.1, 0.15) is 5.82 Å². The number of cyclic esters (lactones) is 1. The van der Waals surface area contributed by atoms with Crippen molar-refractivity contribution in [2.45, 2.75) is 0 Å². The van der Waals surface area contributed by atoms with Crippen molar-refractivity contribution >= 4 is 40.5 Å². The Morgan fingerprint density at radius 3 is 2.62 bits per heavy atom. The number of esters is 1. The van der Waals surface area contributed by atoms with Gasteiger partial charge in [0.05, 0.1) is 0 Å². The topological polar surface area (TPSA) is 38.7 Å². The molecule has 0 atom stereocenters. The summed E-state index contributed by atoms with van der Waals surface area (Å²) in [7, 11) is 0. The zero-order valence-electron chi connectivity index (χ0n) is 10.7. The molecule has 2 aromatic carbocycles. The highest BCUT2D eigenvalue weighted by Crippen LogP contribution is 2.20. The molecule has 21 heavy (non-hydrogen) atoms. The van der Waals surface area contributed by atoms with E-state index in [1.165, 1.54) is 24.3 Å². The summed E-state index contributed by atoms with van der Waals surface area (Å²) in [5, 5.41) is 0. The molecule has 0 aliphatic carbocycles. The Kier molecular flexibility index (Phi) is 3.83. The van der Waals surface area contributed by atoms with Crippen LogP contribution in [0.5, 0.6) is 0 Å². The number of carbonyl (C=O) groups excluding carboxylic acids is 1. The van der Waals surface area contributed by atoms with Crippen LogP contribution in [0.2, 0.25) is 0 Å². The molecule has 3 rings (SSSR count). The molecule has 104 valence electrons. The first kappa shape index (κ1) is 13.9. The summed E-state index contributed by atoms with van der Waals surface area (Å²) in [6.45, 7) is 0. The molecule has 3 nitrogen and oxygen atoms in total. The third-order valence-corrected chi connectivity index (χ3v) is 3.53. The lowest BCUT2D eigenvalue weighted by molar-refractivity contribution is -0.129. The summed E-state index contributed by atoms with van der Waals surface area (Å²) in [5.41, 5.74) is 1.67. The Hall–Kier alpha value is -2.02. The molecule has 0 saturated heterocycles. The second-order valence-electron chi connectivity index (χ2n) is 4.40. The first-order valence-corrected chi connectivity index (χ1v) is 7.24. The number of aliphatic imine (C=N–C) groups is 1. The lowest BCUT2D eigenvalue weighted by Crippen LogP contribution is -2.05. The first-order chi connectivity index (χ1) is 10.1. The number of hydrogen-bond acceptors (Lipinski definition) is 3. The molecule has 0 amide bonds. The predicted molar refractivity (Wildman–Crippen MR) is 86.2 cm³/mol. The van der Waals surface area contributed by atoms with E-state index < -0.39 is 5.97 Å². The normalized spacial score (nSPS) is 16.0. The number of benzene rings is 2. The van der Waals surface area contributed by atoms with Crippen molar-refractivity contribution in [3.63, 3.8) is 0 Å². The molecule has 1 heterocycles. The molecule has 0 fully saturated rings. The minimum atomic E-state index is -0.506. The van der Waals surface area contributed by atoms with E-state index >= 15 is 0 Å². The molecular formula is C16H9FINO2. The van der Waals surface area contributed by atoms with Crippen molar-refractivity contribution in [2.24, 2.45) is 4.99 Å². The summed E-state index contributed by atoms with van der Waals surface area (Å²) in [6.07, 6.45) is 1.67. The van der Waals surface area contributed by atoms with Crippen LogP contribution < -0.4 is 0 Å². The molecule has 0 saturated carbocycles. The van der Waals surface area contributed by atoms with E-state index in [0.717, 1.165) is 9.13 Å².